The van der Waals surface area contributed by atoms with Crippen molar-refractivity contribution < 1.29 is 14.3 Å². The van der Waals surface area contributed by atoms with Gasteiger partial charge in [0, 0.05) is 36.9 Å². The maximum Gasteiger partial charge on any atom is 0.339 e. The summed E-state index contributed by atoms with van der Waals surface area (Å²) in [5.74, 6) is -0.360. The van der Waals surface area contributed by atoms with Crippen LogP contribution in [0.5, 0.6) is 0 Å². The van der Waals surface area contributed by atoms with E-state index >= 15 is 0 Å². The molecule has 0 radical (unpaired) electrons. The van der Waals surface area contributed by atoms with Crippen molar-refractivity contribution in [2.45, 2.75) is 0 Å². The van der Waals surface area contributed by atoms with Gasteiger partial charge in [0.2, 0.25) is 0 Å². The van der Waals surface area contributed by atoms with E-state index in [1.54, 1.807) is 35.2 Å². The fourth-order valence-corrected chi connectivity index (χ4v) is 3.14. The second-order valence-electron chi connectivity index (χ2n) is 5.92. The smallest absolute Gasteiger partial charge is 0.339 e. The summed E-state index contributed by atoms with van der Waals surface area (Å²) >= 11 is 5.94. The first kappa shape index (κ1) is 18.1. The molecule has 1 aliphatic heterocycles. The number of benzene rings is 2. The highest BCUT2D eigenvalue weighted by Crippen LogP contribution is 2.23. The highest BCUT2D eigenvalue weighted by Gasteiger charge is 2.24. The van der Waals surface area contributed by atoms with Gasteiger partial charge in [0.15, 0.2) is 0 Å². The van der Waals surface area contributed by atoms with Crippen LogP contribution < -0.4 is 10.2 Å². The second-order valence-corrected chi connectivity index (χ2v) is 6.36. The van der Waals surface area contributed by atoms with E-state index in [0.717, 1.165) is 5.69 Å². The quantitative estimate of drug-likeness (QED) is 0.837. The first-order chi connectivity index (χ1) is 12.6. The summed E-state index contributed by atoms with van der Waals surface area (Å²) in [7, 11) is 1.37. The van der Waals surface area contributed by atoms with Crippen LogP contribution in [0, 0.1) is 0 Å². The molecule has 1 aliphatic rings. The number of urea groups is 1. The number of carbonyl (C=O) groups excluding carboxylic acids is 2. The molecule has 0 aromatic heterocycles. The summed E-state index contributed by atoms with van der Waals surface area (Å²) in [6.45, 7) is 2.39. The van der Waals surface area contributed by atoms with Crippen LogP contribution in [-0.2, 0) is 4.74 Å². The number of carbonyl (C=O) groups is 2. The molecule has 26 heavy (non-hydrogen) atoms. The zero-order chi connectivity index (χ0) is 18.5. The normalized spacial score (nSPS) is 14.1. The molecule has 0 unspecified atom stereocenters. The lowest BCUT2D eigenvalue weighted by molar-refractivity contribution is 0.0601. The fraction of sp³-hybridized carbons (Fsp3) is 0.263. The number of piperazine rings is 1. The van der Waals surface area contributed by atoms with Crippen molar-refractivity contribution in [2.24, 2.45) is 0 Å². The first-order valence-corrected chi connectivity index (χ1v) is 8.70. The van der Waals surface area contributed by atoms with Gasteiger partial charge in [-0.2, -0.15) is 0 Å². The van der Waals surface area contributed by atoms with Crippen molar-refractivity contribution >= 4 is 35.0 Å². The summed E-state index contributed by atoms with van der Waals surface area (Å²) in [4.78, 5) is 28.2. The topological polar surface area (TPSA) is 61.9 Å². The minimum Gasteiger partial charge on any atom is -0.465 e. The molecule has 0 saturated carbocycles. The molecule has 0 bridgehead atoms. The van der Waals surface area contributed by atoms with E-state index in [0.29, 0.717) is 42.5 Å². The SMILES string of the molecule is COC(=O)c1ccccc1N1CCN(C(=O)Nc2cccc(Cl)c2)CC1. The summed E-state index contributed by atoms with van der Waals surface area (Å²) < 4.78 is 4.85. The molecular weight excluding hydrogens is 354 g/mol. The maximum absolute atomic E-state index is 12.4. The van der Waals surface area contributed by atoms with Gasteiger partial charge in [-0.1, -0.05) is 29.8 Å². The molecule has 1 heterocycles. The fourth-order valence-electron chi connectivity index (χ4n) is 2.95. The predicted octanol–water partition coefficient (Wildman–Crippen LogP) is 3.48. The van der Waals surface area contributed by atoms with Crippen LogP contribution >= 0.6 is 11.6 Å². The minimum atomic E-state index is -0.360. The summed E-state index contributed by atoms with van der Waals surface area (Å²) in [6.07, 6.45) is 0. The van der Waals surface area contributed by atoms with E-state index in [-0.39, 0.29) is 12.0 Å². The number of anilines is 2. The molecule has 2 aromatic rings. The highest BCUT2D eigenvalue weighted by atomic mass is 35.5. The molecule has 1 N–H and O–H groups in total. The Labute approximate surface area is 157 Å². The predicted molar refractivity (Wildman–Crippen MR) is 102 cm³/mol. The van der Waals surface area contributed by atoms with Crippen molar-refractivity contribution in [3.8, 4) is 0 Å². The Morgan fingerprint density at radius 3 is 2.46 bits per heavy atom. The number of nitrogens with zero attached hydrogens (tertiary/aromatic N) is 2. The first-order valence-electron chi connectivity index (χ1n) is 8.32. The van der Waals surface area contributed by atoms with Gasteiger partial charge in [-0.05, 0) is 30.3 Å². The van der Waals surface area contributed by atoms with Crippen molar-refractivity contribution in [3.63, 3.8) is 0 Å². The van der Waals surface area contributed by atoms with Crippen LogP contribution in [0.3, 0.4) is 0 Å². The van der Waals surface area contributed by atoms with E-state index in [1.165, 1.54) is 7.11 Å². The lowest BCUT2D eigenvalue weighted by atomic mass is 10.1. The van der Waals surface area contributed by atoms with E-state index in [2.05, 4.69) is 10.2 Å². The zero-order valence-electron chi connectivity index (χ0n) is 14.4. The Hall–Kier alpha value is -2.73. The Morgan fingerprint density at radius 1 is 1.04 bits per heavy atom. The van der Waals surface area contributed by atoms with Gasteiger partial charge in [0.25, 0.3) is 0 Å². The molecular formula is C19H20ClN3O3. The largest absolute Gasteiger partial charge is 0.465 e. The third-order valence-corrected chi connectivity index (χ3v) is 4.53. The molecule has 3 rings (SSSR count). The second kappa shape index (κ2) is 8.10. The summed E-state index contributed by atoms with van der Waals surface area (Å²) in [6, 6.07) is 14.2. The molecule has 0 atom stereocenters. The van der Waals surface area contributed by atoms with Gasteiger partial charge in [0.1, 0.15) is 0 Å². The van der Waals surface area contributed by atoms with Crippen LogP contribution in [0.15, 0.2) is 48.5 Å². The lowest BCUT2D eigenvalue weighted by Crippen LogP contribution is -2.50. The average molecular weight is 374 g/mol. The van der Waals surface area contributed by atoms with Gasteiger partial charge in [-0.25, -0.2) is 9.59 Å². The van der Waals surface area contributed by atoms with Gasteiger partial charge in [-0.3, -0.25) is 0 Å². The van der Waals surface area contributed by atoms with E-state index in [9.17, 15) is 9.59 Å². The van der Waals surface area contributed by atoms with E-state index in [1.807, 2.05) is 18.2 Å². The Bertz CT molecular complexity index is 804. The van der Waals surface area contributed by atoms with Gasteiger partial charge in [-0.15, -0.1) is 0 Å². The van der Waals surface area contributed by atoms with Gasteiger partial charge in [0.05, 0.1) is 18.4 Å². The summed E-state index contributed by atoms with van der Waals surface area (Å²) in [5, 5.41) is 3.43. The molecule has 1 fully saturated rings. The molecule has 6 nitrogen and oxygen atoms in total. The van der Waals surface area contributed by atoms with Crippen molar-refractivity contribution in [3.05, 3.63) is 59.1 Å². The number of para-hydroxylation sites is 1. The monoisotopic (exact) mass is 373 g/mol. The standard InChI is InChI=1S/C19H20ClN3O3/c1-26-18(24)16-7-2-3-8-17(16)22-9-11-23(12-10-22)19(25)21-15-6-4-5-14(20)13-15/h2-8,13H,9-12H2,1H3,(H,21,25). The number of ether oxygens (including phenoxy) is 1. The number of rotatable bonds is 3. The van der Waals surface area contributed by atoms with Crippen LogP contribution in [0.25, 0.3) is 0 Å². The van der Waals surface area contributed by atoms with Crippen LogP contribution in [0.2, 0.25) is 5.02 Å². The Kier molecular flexibility index (Phi) is 5.63. The van der Waals surface area contributed by atoms with Crippen molar-refractivity contribution in [2.75, 3.05) is 43.5 Å². The molecule has 1 saturated heterocycles. The van der Waals surface area contributed by atoms with Gasteiger partial charge < -0.3 is 19.9 Å². The Morgan fingerprint density at radius 2 is 1.77 bits per heavy atom. The number of esters is 1. The van der Waals surface area contributed by atoms with Crippen molar-refractivity contribution in [1.82, 2.24) is 4.90 Å². The molecule has 136 valence electrons. The van der Waals surface area contributed by atoms with Crippen LogP contribution in [0.4, 0.5) is 16.2 Å². The molecule has 2 amide bonds. The van der Waals surface area contributed by atoms with Crippen LogP contribution in [0.1, 0.15) is 10.4 Å². The third kappa shape index (κ3) is 4.08. The summed E-state index contributed by atoms with van der Waals surface area (Å²) in [5.41, 5.74) is 2.03. The maximum atomic E-state index is 12.4. The van der Waals surface area contributed by atoms with E-state index < -0.39 is 0 Å². The van der Waals surface area contributed by atoms with Gasteiger partial charge >= 0.3 is 12.0 Å². The van der Waals surface area contributed by atoms with Crippen molar-refractivity contribution in [1.29, 1.82) is 0 Å². The molecule has 2 aromatic carbocycles. The highest BCUT2D eigenvalue weighted by molar-refractivity contribution is 6.30. The number of methoxy groups -OCH3 is 1. The number of hydrogen-bond acceptors (Lipinski definition) is 4. The molecule has 0 spiro atoms. The number of nitrogens with one attached hydrogen (secondary N) is 1. The number of halogens is 1. The number of amides is 2. The van der Waals surface area contributed by atoms with E-state index in [4.69, 9.17) is 16.3 Å². The minimum absolute atomic E-state index is 0.159. The van der Waals surface area contributed by atoms with Crippen LogP contribution in [-0.4, -0.2) is 50.2 Å². The lowest BCUT2D eigenvalue weighted by Gasteiger charge is -2.36. The molecule has 0 aliphatic carbocycles. The molecule has 7 heteroatoms. The average Bonchev–Trinajstić information content (AvgIpc) is 2.67. The Balaban J connectivity index is 1.63. The number of hydrogen-bond donors (Lipinski definition) is 1. The zero-order valence-corrected chi connectivity index (χ0v) is 15.2. The third-order valence-electron chi connectivity index (χ3n) is 4.29.